The van der Waals surface area contributed by atoms with E-state index >= 15 is 0 Å². The Morgan fingerprint density at radius 2 is 1.56 bits per heavy atom. The summed E-state index contributed by atoms with van der Waals surface area (Å²) in [6.45, 7) is 4.58. The van der Waals surface area contributed by atoms with Gasteiger partial charge in [0.05, 0.1) is 6.10 Å². The van der Waals surface area contributed by atoms with E-state index in [1.807, 2.05) is 0 Å². The van der Waals surface area contributed by atoms with E-state index in [1.54, 1.807) is 0 Å². The number of aliphatic hydroxyl groups excluding tert-OH is 1. The zero-order chi connectivity index (χ0) is 11.5. The predicted octanol–water partition coefficient (Wildman–Crippen LogP) is 2.06. The molecule has 0 amide bonds. The standard InChI is InChI=1S/C13H26N2O/c1-10-6-5-7-11(2)15(10)14-12-8-3-4-9-13(12)16/h10-14,16H,3-9H2,1-2H3/t10?,11?,12-,13-/m1/s1. The Hall–Kier alpha value is -0.120. The van der Waals surface area contributed by atoms with Crippen molar-refractivity contribution < 1.29 is 5.11 Å². The third kappa shape index (κ3) is 2.76. The van der Waals surface area contributed by atoms with Gasteiger partial charge in [-0.05, 0) is 39.5 Å². The van der Waals surface area contributed by atoms with Gasteiger partial charge in [0.1, 0.15) is 0 Å². The molecule has 94 valence electrons. The first-order valence-electron chi connectivity index (χ1n) is 6.91. The highest BCUT2D eigenvalue weighted by molar-refractivity contribution is 4.84. The van der Waals surface area contributed by atoms with Gasteiger partial charge < -0.3 is 5.11 Å². The molecule has 2 N–H and O–H groups in total. The molecule has 16 heavy (non-hydrogen) atoms. The molecule has 1 saturated carbocycles. The highest BCUT2D eigenvalue weighted by Gasteiger charge is 2.30. The van der Waals surface area contributed by atoms with E-state index in [2.05, 4.69) is 24.3 Å². The van der Waals surface area contributed by atoms with Crippen molar-refractivity contribution in [2.24, 2.45) is 0 Å². The van der Waals surface area contributed by atoms with Crippen molar-refractivity contribution in [2.75, 3.05) is 0 Å². The lowest BCUT2D eigenvalue weighted by Gasteiger charge is -2.43. The van der Waals surface area contributed by atoms with Crippen LogP contribution in [0.15, 0.2) is 0 Å². The molecule has 2 unspecified atom stereocenters. The van der Waals surface area contributed by atoms with Gasteiger partial charge in [-0.1, -0.05) is 19.3 Å². The lowest BCUT2D eigenvalue weighted by atomic mass is 9.92. The largest absolute Gasteiger partial charge is 0.391 e. The van der Waals surface area contributed by atoms with Gasteiger partial charge in [-0.15, -0.1) is 0 Å². The number of hydrogen-bond acceptors (Lipinski definition) is 3. The van der Waals surface area contributed by atoms with Gasteiger partial charge in [0.2, 0.25) is 0 Å². The molecule has 2 rings (SSSR count). The molecule has 3 nitrogen and oxygen atoms in total. The van der Waals surface area contributed by atoms with E-state index in [4.69, 9.17) is 0 Å². The van der Waals surface area contributed by atoms with Crippen LogP contribution in [0.3, 0.4) is 0 Å². The zero-order valence-electron chi connectivity index (χ0n) is 10.7. The fraction of sp³-hybridized carbons (Fsp3) is 1.00. The first-order valence-corrected chi connectivity index (χ1v) is 6.91. The van der Waals surface area contributed by atoms with Gasteiger partial charge in [0.15, 0.2) is 0 Å². The first kappa shape index (κ1) is 12.3. The van der Waals surface area contributed by atoms with Gasteiger partial charge in [-0.3, -0.25) is 0 Å². The minimum atomic E-state index is -0.143. The van der Waals surface area contributed by atoms with E-state index in [1.165, 1.54) is 32.1 Å². The molecule has 0 aromatic heterocycles. The summed E-state index contributed by atoms with van der Waals surface area (Å²) in [7, 11) is 0. The van der Waals surface area contributed by atoms with Crippen LogP contribution in [0.5, 0.6) is 0 Å². The summed E-state index contributed by atoms with van der Waals surface area (Å²) in [5.41, 5.74) is 3.59. The van der Waals surface area contributed by atoms with Gasteiger partial charge >= 0.3 is 0 Å². The minimum Gasteiger partial charge on any atom is -0.391 e. The molecule has 0 bridgehead atoms. The number of rotatable bonds is 2. The van der Waals surface area contributed by atoms with Crippen LogP contribution in [0.2, 0.25) is 0 Å². The van der Waals surface area contributed by atoms with Gasteiger partial charge in [0, 0.05) is 18.1 Å². The number of nitrogens with one attached hydrogen (secondary N) is 1. The molecule has 1 aliphatic carbocycles. The van der Waals surface area contributed by atoms with E-state index in [0.29, 0.717) is 12.1 Å². The molecule has 3 heteroatoms. The Kier molecular flexibility index (Phi) is 4.22. The van der Waals surface area contributed by atoms with Crippen LogP contribution in [-0.2, 0) is 0 Å². The van der Waals surface area contributed by atoms with Gasteiger partial charge in [-0.2, -0.15) is 0 Å². The fourth-order valence-electron chi connectivity index (χ4n) is 3.13. The summed E-state index contributed by atoms with van der Waals surface area (Å²) in [6.07, 6.45) is 8.28. The second-order valence-corrected chi connectivity index (χ2v) is 5.62. The van der Waals surface area contributed by atoms with Crippen LogP contribution in [0.4, 0.5) is 0 Å². The Morgan fingerprint density at radius 3 is 2.19 bits per heavy atom. The summed E-state index contributed by atoms with van der Waals surface area (Å²) in [6, 6.07) is 1.51. The Balaban J connectivity index is 1.90. The highest BCUT2D eigenvalue weighted by Crippen LogP contribution is 2.24. The van der Waals surface area contributed by atoms with Crippen molar-refractivity contribution in [3.63, 3.8) is 0 Å². The lowest BCUT2D eigenvalue weighted by Crippen LogP contribution is -2.58. The molecule has 0 aromatic rings. The zero-order valence-corrected chi connectivity index (χ0v) is 10.7. The number of hydrazine groups is 1. The molecule has 2 aliphatic rings. The molecule has 0 aromatic carbocycles. The molecule has 2 fully saturated rings. The van der Waals surface area contributed by atoms with Crippen LogP contribution in [0.1, 0.15) is 58.8 Å². The van der Waals surface area contributed by atoms with Crippen molar-refractivity contribution in [2.45, 2.75) is 83.0 Å². The topological polar surface area (TPSA) is 35.5 Å². The molecule has 1 saturated heterocycles. The van der Waals surface area contributed by atoms with Crippen LogP contribution >= 0.6 is 0 Å². The SMILES string of the molecule is CC1CCCC(C)N1N[C@@H]1CCCC[C@H]1O. The summed E-state index contributed by atoms with van der Waals surface area (Å²) in [5, 5.41) is 12.4. The molecule has 1 aliphatic heterocycles. The van der Waals surface area contributed by atoms with Crippen molar-refractivity contribution in [3.05, 3.63) is 0 Å². The molecular weight excluding hydrogens is 200 g/mol. The van der Waals surface area contributed by atoms with Crippen molar-refractivity contribution in [3.8, 4) is 0 Å². The molecule has 0 radical (unpaired) electrons. The average molecular weight is 226 g/mol. The average Bonchev–Trinajstić information content (AvgIpc) is 2.26. The molecule has 0 spiro atoms. The Bertz CT molecular complexity index is 212. The number of piperidine rings is 1. The number of nitrogens with zero attached hydrogens (tertiary/aromatic N) is 1. The van der Waals surface area contributed by atoms with Crippen molar-refractivity contribution >= 4 is 0 Å². The first-order chi connectivity index (χ1) is 7.68. The summed E-state index contributed by atoms with van der Waals surface area (Å²) >= 11 is 0. The summed E-state index contributed by atoms with van der Waals surface area (Å²) in [5.74, 6) is 0. The summed E-state index contributed by atoms with van der Waals surface area (Å²) < 4.78 is 0. The highest BCUT2D eigenvalue weighted by atomic mass is 16.3. The summed E-state index contributed by atoms with van der Waals surface area (Å²) in [4.78, 5) is 0. The van der Waals surface area contributed by atoms with Crippen LogP contribution < -0.4 is 5.43 Å². The predicted molar refractivity (Wildman–Crippen MR) is 66.0 cm³/mol. The maximum atomic E-state index is 9.98. The van der Waals surface area contributed by atoms with Crippen LogP contribution in [0.25, 0.3) is 0 Å². The monoisotopic (exact) mass is 226 g/mol. The van der Waals surface area contributed by atoms with Gasteiger partial charge in [-0.25, -0.2) is 10.4 Å². The third-order valence-corrected chi connectivity index (χ3v) is 4.24. The molecule has 4 atom stereocenters. The van der Waals surface area contributed by atoms with E-state index in [0.717, 1.165) is 12.8 Å². The maximum absolute atomic E-state index is 9.98. The lowest BCUT2D eigenvalue weighted by molar-refractivity contribution is -0.0152. The van der Waals surface area contributed by atoms with Crippen molar-refractivity contribution in [1.82, 2.24) is 10.4 Å². The van der Waals surface area contributed by atoms with Gasteiger partial charge in [0.25, 0.3) is 0 Å². The van der Waals surface area contributed by atoms with Crippen LogP contribution in [-0.4, -0.2) is 34.3 Å². The molecular formula is C13H26N2O. The van der Waals surface area contributed by atoms with Crippen molar-refractivity contribution in [1.29, 1.82) is 0 Å². The number of hydrogen-bond donors (Lipinski definition) is 2. The van der Waals surface area contributed by atoms with E-state index in [-0.39, 0.29) is 12.1 Å². The quantitative estimate of drug-likeness (QED) is 0.756. The second kappa shape index (κ2) is 5.48. The molecule has 1 heterocycles. The Labute approximate surface area is 99.2 Å². The van der Waals surface area contributed by atoms with E-state index in [9.17, 15) is 5.11 Å². The Morgan fingerprint density at radius 1 is 0.938 bits per heavy atom. The third-order valence-electron chi connectivity index (χ3n) is 4.24. The van der Waals surface area contributed by atoms with E-state index < -0.39 is 0 Å². The minimum absolute atomic E-state index is 0.143. The fourth-order valence-corrected chi connectivity index (χ4v) is 3.13. The normalized spacial score (nSPS) is 42.2. The maximum Gasteiger partial charge on any atom is 0.0706 e. The van der Waals surface area contributed by atoms with Crippen LogP contribution in [0, 0.1) is 0 Å². The number of aliphatic hydroxyl groups is 1. The second-order valence-electron chi connectivity index (χ2n) is 5.62. The smallest absolute Gasteiger partial charge is 0.0706 e.